The monoisotopic (exact) mass is 531 g/mol. The van der Waals surface area contributed by atoms with Gasteiger partial charge in [-0.05, 0) is 50.8 Å². The van der Waals surface area contributed by atoms with E-state index in [9.17, 15) is 5.11 Å². The van der Waals surface area contributed by atoms with Crippen molar-refractivity contribution in [2.45, 2.75) is 39.5 Å². The van der Waals surface area contributed by atoms with E-state index in [0.717, 1.165) is 84.0 Å². The lowest BCUT2D eigenvalue weighted by Gasteiger charge is -2.36. The molecule has 1 atom stereocenters. The summed E-state index contributed by atoms with van der Waals surface area (Å²) in [7, 11) is 0. The molecule has 1 aliphatic heterocycles. The van der Waals surface area contributed by atoms with Gasteiger partial charge in [0.05, 0.1) is 0 Å². The summed E-state index contributed by atoms with van der Waals surface area (Å²) in [5.74, 6) is 1.38. The highest BCUT2D eigenvalue weighted by molar-refractivity contribution is 14.0. The first kappa shape index (κ1) is 27.0. The lowest BCUT2D eigenvalue weighted by Crippen LogP contribution is -2.47. The number of rotatable bonds is 12. The molecule has 0 saturated carbocycles. The van der Waals surface area contributed by atoms with Gasteiger partial charge in [-0.1, -0.05) is 31.5 Å². The molecule has 7 heteroatoms. The molecule has 0 aliphatic carbocycles. The van der Waals surface area contributed by atoms with Gasteiger partial charge in [-0.3, -0.25) is 9.89 Å². The molecule has 0 spiro atoms. The Morgan fingerprint density at radius 2 is 1.80 bits per heavy atom. The molecule has 1 unspecified atom stereocenters. The summed E-state index contributed by atoms with van der Waals surface area (Å²) in [5, 5.41) is 16.0. The van der Waals surface area contributed by atoms with E-state index in [1.54, 1.807) is 0 Å². The average molecular weight is 532 g/mol. The zero-order valence-corrected chi connectivity index (χ0v) is 21.2. The molecular weight excluding hydrogens is 489 g/mol. The van der Waals surface area contributed by atoms with Gasteiger partial charge >= 0.3 is 0 Å². The van der Waals surface area contributed by atoms with Crippen molar-refractivity contribution < 1.29 is 5.11 Å². The van der Waals surface area contributed by atoms with Crippen LogP contribution in [0.5, 0.6) is 0 Å². The number of halogens is 1. The molecule has 1 aromatic rings. The first-order chi connectivity index (χ1) is 14.3. The van der Waals surface area contributed by atoms with Crippen molar-refractivity contribution in [3.63, 3.8) is 0 Å². The number of nitrogens with zero attached hydrogens (tertiary/aromatic N) is 3. The lowest BCUT2D eigenvalue weighted by molar-refractivity contribution is 0.253. The topological polar surface area (TPSA) is 63.1 Å². The van der Waals surface area contributed by atoms with E-state index < -0.39 is 0 Å². The van der Waals surface area contributed by atoms with Crippen LogP contribution in [0.15, 0.2) is 35.3 Å². The minimum atomic E-state index is 0. The van der Waals surface area contributed by atoms with E-state index in [0.29, 0.717) is 5.92 Å². The van der Waals surface area contributed by atoms with E-state index >= 15 is 0 Å². The molecule has 0 bridgehead atoms. The fourth-order valence-electron chi connectivity index (χ4n) is 3.86. The smallest absolute Gasteiger partial charge is 0.191 e. The van der Waals surface area contributed by atoms with Gasteiger partial charge < -0.3 is 20.6 Å². The van der Waals surface area contributed by atoms with E-state index in [2.05, 4.69) is 64.6 Å². The zero-order chi connectivity index (χ0) is 20.7. The molecule has 1 fully saturated rings. The summed E-state index contributed by atoms with van der Waals surface area (Å²) in [4.78, 5) is 9.78. The summed E-state index contributed by atoms with van der Waals surface area (Å²) < 4.78 is 0. The van der Waals surface area contributed by atoms with Crippen molar-refractivity contribution >= 4 is 35.6 Å². The second kappa shape index (κ2) is 16.6. The summed E-state index contributed by atoms with van der Waals surface area (Å²) in [6.45, 7) is 12.7. The standard InChI is InChI=1S/C23H41N5O.HI/c1-3-9-21(12-19-29)20-26-23(24-4-2)25-13-8-14-27-15-17-28(18-16-27)22-10-6-5-7-11-22;/h5-7,10-11,21,29H,3-4,8-9,12-20H2,1-2H3,(H2,24,25,26);1H. The molecule has 1 aromatic carbocycles. The van der Waals surface area contributed by atoms with Gasteiger partial charge in [-0.15, -0.1) is 24.0 Å². The van der Waals surface area contributed by atoms with Crippen molar-refractivity contribution in [1.82, 2.24) is 15.5 Å². The predicted octanol–water partition coefficient (Wildman–Crippen LogP) is 3.17. The number of aliphatic hydroxyl groups is 1. The number of piperazine rings is 1. The largest absolute Gasteiger partial charge is 0.396 e. The Morgan fingerprint density at radius 3 is 2.43 bits per heavy atom. The number of benzene rings is 1. The maximum atomic E-state index is 9.22. The number of anilines is 1. The second-order valence-corrected chi connectivity index (χ2v) is 7.83. The Labute approximate surface area is 200 Å². The number of hydrogen-bond acceptors (Lipinski definition) is 4. The van der Waals surface area contributed by atoms with Crippen molar-refractivity contribution in [3.8, 4) is 0 Å². The molecule has 30 heavy (non-hydrogen) atoms. The fraction of sp³-hybridized carbons (Fsp3) is 0.696. The molecule has 0 radical (unpaired) electrons. The Balaban J connectivity index is 0.00000450. The van der Waals surface area contributed by atoms with Crippen LogP contribution in [0.25, 0.3) is 0 Å². The summed E-state index contributed by atoms with van der Waals surface area (Å²) in [6.07, 6.45) is 4.22. The van der Waals surface area contributed by atoms with Crippen LogP contribution in [0.3, 0.4) is 0 Å². The molecule has 1 heterocycles. The second-order valence-electron chi connectivity index (χ2n) is 7.83. The third kappa shape index (κ3) is 10.3. The van der Waals surface area contributed by atoms with Crippen LogP contribution in [-0.2, 0) is 0 Å². The van der Waals surface area contributed by atoms with Crippen molar-refractivity contribution in [2.75, 3.05) is 63.9 Å². The normalized spacial score (nSPS) is 16.1. The Kier molecular flexibility index (Phi) is 14.9. The van der Waals surface area contributed by atoms with Crippen LogP contribution >= 0.6 is 24.0 Å². The predicted molar refractivity (Wildman–Crippen MR) is 139 cm³/mol. The maximum Gasteiger partial charge on any atom is 0.191 e. The number of para-hydroxylation sites is 1. The SMILES string of the molecule is CCCC(CCO)CN=C(NCC)NCCCN1CCN(c2ccccc2)CC1.I. The van der Waals surface area contributed by atoms with Gasteiger partial charge in [0.15, 0.2) is 5.96 Å². The van der Waals surface area contributed by atoms with Crippen molar-refractivity contribution in [1.29, 1.82) is 0 Å². The first-order valence-electron chi connectivity index (χ1n) is 11.4. The van der Waals surface area contributed by atoms with Crippen molar-refractivity contribution in [2.24, 2.45) is 10.9 Å². The van der Waals surface area contributed by atoms with Gasteiger partial charge in [-0.25, -0.2) is 0 Å². The Bertz CT molecular complexity index is 558. The molecule has 2 rings (SSSR count). The van der Waals surface area contributed by atoms with Crippen LogP contribution in [0.1, 0.15) is 39.5 Å². The summed E-state index contributed by atoms with van der Waals surface area (Å²) in [6, 6.07) is 10.7. The van der Waals surface area contributed by atoms with E-state index in [1.165, 1.54) is 5.69 Å². The van der Waals surface area contributed by atoms with Gasteiger partial charge in [-0.2, -0.15) is 0 Å². The summed E-state index contributed by atoms with van der Waals surface area (Å²) in [5.41, 5.74) is 1.34. The van der Waals surface area contributed by atoms with Gasteiger partial charge in [0.1, 0.15) is 0 Å². The first-order valence-corrected chi connectivity index (χ1v) is 11.4. The minimum absolute atomic E-state index is 0. The molecule has 0 amide bonds. The summed E-state index contributed by atoms with van der Waals surface area (Å²) >= 11 is 0. The van der Waals surface area contributed by atoms with Crippen LogP contribution in [0.4, 0.5) is 5.69 Å². The molecule has 3 N–H and O–H groups in total. The molecule has 172 valence electrons. The number of hydrogen-bond donors (Lipinski definition) is 3. The van der Waals surface area contributed by atoms with E-state index in [1.807, 2.05) is 0 Å². The number of guanidine groups is 1. The Morgan fingerprint density at radius 1 is 1.07 bits per heavy atom. The van der Waals surface area contributed by atoms with E-state index in [-0.39, 0.29) is 30.6 Å². The number of aliphatic imine (C=N–C) groups is 1. The minimum Gasteiger partial charge on any atom is -0.396 e. The highest BCUT2D eigenvalue weighted by Crippen LogP contribution is 2.15. The molecule has 1 aliphatic rings. The highest BCUT2D eigenvalue weighted by atomic mass is 127. The van der Waals surface area contributed by atoms with Gasteiger partial charge in [0.25, 0.3) is 0 Å². The van der Waals surface area contributed by atoms with Crippen LogP contribution in [0.2, 0.25) is 0 Å². The Hall–Kier alpha value is -1.06. The van der Waals surface area contributed by atoms with Crippen LogP contribution in [-0.4, -0.2) is 74.9 Å². The molecule has 1 saturated heterocycles. The van der Waals surface area contributed by atoms with Gasteiger partial charge in [0.2, 0.25) is 0 Å². The number of nitrogens with one attached hydrogen (secondary N) is 2. The zero-order valence-electron chi connectivity index (χ0n) is 18.9. The number of aliphatic hydroxyl groups excluding tert-OH is 1. The average Bonchev–Trinajstić information content (AvgIpc) is 2.76. The van der Waals surface area contributed by atoms with Crippen LogP contribution < -0.4 is 15.5 Å². The highest BCUT2D eigenvalue weighted by Gasteiger charge is 2.16. The maximum absolute atomic E-state index is 9.22. The molecule has 6 nitrogen and oxygen atoms in total. The van der Waals surface area contributed by atoms with Gasteiger partial charge in [0, 0.05) is 58.1 Å². The molecule has 0 aromatic heterocycles. The fourth-order valence-corrected chi connectivity index (χ4v) is 3.86. The third-order valence-corrected chi connectivity index (χ3v) is 5.52. The van der Waals surface area contributed by atoms with Crippen molar-refractivity contribution in [3.05, 3.63) is 30.3 Å². The van der Waals surface area contributed by atoms with Crippen LogP contribution in [0, 0.1) is 5.92 Å². The van der Waals surface area contributed by atoms with E-state index in [4.69, 9.17) is 4.99 Å². The quantitative estimate of drug-likeness (QED) is 0.168. The third-order valence-electron chi connectivity index (χ3n) is 5.52. The lowest BCUT2D eigenvalue weighted by atomic mass is 10.0. The molecular formula is C23H42IN5O.